The van der Waals surface area contributed by atoms with Crippen LogP contribution in [0.1, 0.15) is 17.3 Å². The number of hydrogen-bond donors (Lipinski definition) is 0. The van der Waals surface area contributed by atoms with Gasteiger partial charge in [-0.2, -0.15) is 0 Å². The van der Waals surface area contributed by atoms with Crippen molar-refractivity contribution in [2.24, 2.45) is 0 Å². The molecule has 6 heteroatoms. The minimum absolute atomic E-state index is 0.0799. The molecule has 0 spiro atoms. The Bertz CT molecular complexity index is 1010. The number of nitrogens with zero attached hydrogens (tertiary/aromatic N) is 4. The molecule has 4 rings (SSSR count). The molecule has 5 nitrogen and oxygen atoms in total. The molecule has 0 radical (unpaired) electrons. The van der Waals surface area contributed by atoms with E-state index >= 15 is 0 Å². The van der Waals surface area contributed by atoms with Gasteiger partial charge in [-0.25, -0.2) is 9.97 Å². The molecule has 1 aromatic heterocycles. The zero-order chi connectivity index (χ0) is 19.0. The lowest BCUT2D eigenvalue weighted by atomic mass is 10.0. The first-order valence-corrected chi connectivity index (χ1v) is 9.82. The van der Waals surface area contributed by atoms with Gasteiger partial charge in [-0.1, -0.05) is 28.1 Å². The maximum absolute atomic E-state index is 13.0. The second kappa shape index (κ2) is 7.37. The van der Waals surface area contributed by atoms with Crippen LogP contribution in [0.4, 0.5) is 0 Å². The van der Waals surface area contributed by atoms with Crippen molar-refractivity contribution in [1.29, 1.82) is 0 Å². The fraction of sp³-hybridized carbons (Fsp3) is 0.286. The van der Waals surface area contributed by atoms with Crippen LogP contribution in [0.25, 0.3) is 22.2 Å². The molecule has 0 unspecified atom stereocenters. The lowest BCUT2D eigenvalue weighted by molar-refractivity contribution is 0.0572. The van der Waals surface area contributed by atoms with Crippen LogP contribution < -0.4 is 0 Å². The summed E-state index contributed by atoms with van der Waals surface area (Å²) in [4.78, 5) is 26.1. The van der Waals surface area contributed by atoms with E-state index in [2.05, 4.69) is 44.8 Å². The van der Waals surface area contributed by atoms with Gasteiger partial charge < -0.3 is 9.80 Å². The molecule has 0 bridgehead atoms. The summed E-state index contributed by atoms with van der Waals surface area (Å²) < 4.78 is 0.977. The highest BCUT2D eigenvalue weighted by Crippen LogP contribution is 2.28. The molecule has 27 heavy (non-hydrogen) atoms. The van der Waals surface area contributed by atoms with Crippen molar-refractivity contribution in [3.8, 4) is 11.3 Å². The number of halogens is 1. The standard InChI is InChI=1S/C21H21BrN4O/c1-14-12-26(9-8-25(14)2)21(27)16-5-3-4-15(10-16)20-18-11-17(22)6-7-19(18)23-13-24-20/h3-7,10-11,13-14H,8-9,12H2,1-2H3/t14-/m1/s1. The Labute approximate surface area is 167 Å². The van der Waals surface area contributed by atoms with Gasteiger partial charge in [-0.05, 0) is 44.3 Å². The van der Waals surface area contributed by atoms with Crippen LogP contribution in [0, 0.1) is 0 Å². The van der Waals surface area contributed by atoms with E-state index in [9.17, 15) is 4.79 Å². The van der Waals surface area contributed by atoms with Crippen molar-refractivity contribution >= 4 is 32.7 Å². The highest BCUT2D eigenvalue weighted by Gasteiger charge is 2.25. The van der Waals surface area contributed by atoms with Crippen LogP contribution in [0.2, 0.25) is 0 Å². The largest absolute Gasteiger partial charge is 0.336 e. The molecule has 2 aromatic carbocycles. The van der Waals surface area contributed by atoms with E-state index in [1.165, 1.54) is 0 Å². The predicted octanol–water partition coefficient (Wildman–Crippen LogP) is 3.84. The lowest BCUT2D eigenvalue weighted by Gasteiger charge is -2.37. The number of fused-ring (bicyclic) bond motifs is 1. The number of rotatable bonds is 2. The molecule has 0 aliphatic carbocycles. The summed E-state index contributed by atoms with van der Waals surface area (Å²) >= 11 is 3.52. The summed E-state index contributed by atoms with van der Waals surface area (Å²) in [5.74, 6) is 0.0799. The van der Waals surface area contributed by atoms with Crippen molar-refractivity contribution < 1.29 is 4.79 Å². The van der Waals surface area contributed by atoms with E-state index in [0.717, 1.165) is 46.3 Å². The molecule has 1 fully saturated rings. The topological polar surface area (TPSA) is 49.3 Å². The second-order valence-corrected chi connectivity index (χ2v) is 7.96. The SMILES string of the molecule is C[C@@H]1CN(C(=O)c2cccc(-c3ncnc4ccc(Br)cc34)c2)CCN1C. The Hall–Kier alpha value is -2.31. The number of aromatic nitrogens is 2. The maximum atomic E-state index is 13.0. The van der Waals surface area contributed by atoms with E-state index in [4.69, 9.17) is 0 Å². The van der Waals surface area contributed by atoms with Crippen molar-refractivity contribution in [3.63, 3.8) is 0 Å². The van der Waals surface area contributed by atoms with Crippen LogP contribution in [-0.4, -0.2) is 58.4 Å². The summed E-state index contributed by atoms with van der Waals surface area (Å²) in [6.07, 6.45) is 1.57. The van der Waals surface area contributed by atoms with Gasteiger partial charge in [0.1, 0.15) is 6.33 Å². The van der Waals surface area contributed by atoms with Gasteiger partial charge >= 0.3 is 0 Å². The first-order chi connectivity index (χ1) is 13.0. The number of amides is 1. The fourth-order valence-electron chi connectivity index (χ4n) is 3.47. The smallest absolute Gasteiger partial charge is 0.253 e. The van der Waals surface area contributed by atoms with Crippen LogP contribution in [0.3, 0.4) is 0 Å². The number of carbonyl (C=O) groups is 1. The molecular weight excluding hydrogens is 404 g/mol. The van der Waals surface area contributed by atoms with Crippen molar-refractivity contribution in [3.05, 3.63) is 58.8 Å². The van der Waals surface area contributed by atoms with Gasteiger partial charge in [0, 0.05) is 46.7 Å². The molecule has 0 N–H and O–H groups in total. The summed E-state index contributed by atoms with van der Waals surface area (Å²) in [5, 5.41) is 0.963. The minimum atomic E-state index is 0.0799. The van der Waals surface area contributed by atoms with Gasteiger partial charge in [-0.3, -0.25) is 4.79 Å². The Kier molecular flexibility index (Phi) is 4.93. The summed E-state index contributed by atoms with van der Waals surface area (Å²) in [6, 6.07) is 14.1. The van der Waals surface area contributed by atoms with Gasteiger partial charge in [0.2, 0.25) is 0 Å². The van der Waals surface area contributed by atoms with Gasteiger partial charge in [-0.15, -0.1) is 0 Å². The quantitative estimate of drug-likeness (QED) is 0.626. The van der Waals surface area contributed by atoms with Crippen molar-refractivity contribution in [1.82, 2.24) is 19.8 Å². The Morgan fingerprint density at radius 1 is 1.15 bits per heavy atom. The van der Waals surface area contributed by atoms with Crippen molar-refractivity contribution in [2.75, 3.05) is 26.7 Å². The van der Waals surface area contributed by atoms with E-state index in [1.54, 1.807) is 6.33 Å². The normalized spacial score (nSPS) is 18.0. The molecule has 2 heterocycles. The Morgan fingerprint density at radius 3 is 2.81 bits per heavy atom. The highest BCUT2D eigenvalue weighted by molar-refractivity contribution is 9.10. The second-order valence-electron chi connectivity index (χ2n) is 7.05. The maximum Gasteiger partial charge on any atom is 0.253 e. The first-order valence-electron chi connectivity index (χ1n) is 9.03. The molecule has 138 valence electrons. The predicted molar refractivity (Wildman–Crippen MR) is 111 cm³/mol. The van der Waals surface area contributed by atoms with E-state index in [0.29, 0.717) is 11.6 Å². The third-order valence-corrected chi connectivity index (χ3v) is 5.72. The van der Waals surface area contributed by atoms with E-state index in [-0.39, 0.29) is 5.91 Å². The van der Waals surface area contributed by atoms with Crippen LogP contribution in [-0.2, 0) is 0 Å². The summed E-state index contributed by atoms with van der Waals surface area (Å²) in [7, 11) is 2.10. The molecule has 0 saturated carbocycles. The summed E-state index contributed by atoms with van der Waals surface area (Å²) in [5.41, 5.74) is 3.34. The van der Waals surface area contributed by atoms with E-state index in [1.807, 2.05) is 47.4 Å². The summed E-state index contributed by atoms with van der Waals surface area (Å²) in [6.45, 7) is 4.56. The number of hydrogen-bond acceptors (Lipinski definition) is 4. The minimum Gasteiger partial charge on any atom is -0.336 e. The third-order valence-electron chi connectivity index (χ3n) is 5.23. The van der Waals surface area contributed by atoms with Gasteiger partial charge in [0.15, 0.2) is 0 Å². The third kappa shape index (κ3) is 3.59. The average Bonchev–Trinajstić information content (AvgIpc) is 2.69. The molecule has 1 saturated heterocycles. The van der Waals surface area contributed by atoms with Crippen molar-refractivity contribution in [2.45, 2.75) is 13.0 Å². The molecule has 3 aromatic rings. The molecular formula is C21H21BrN4O. The van der Waals surface area contributed by atoms with E-state index < -0.39 is 0 Å². The number of carbonyl (C=O) groups excluding carboxylic acids is 1. The van der Waals surface area contributed by atoms with Gasteiger partial charge in [0.05, 0.1) is 11.2 Å². The van der Waals surface area contributed by atoms with Crippen LogP contribution in [0.15, 0.2) is 53.3 Å². The number of benzene rings is 2. The number of piperazine rings is 1. The zero-order valence-electron chi connectivity index (χ0n) is 15.4. The van der Waals surface area contributed by atoms with Crippen LogP contribution >= 0.6 is 15.9 Å². The lowest BCUT2D eigenvalue weighted by Crippen LogP contribution is -2.52. The van der Waals surface area contributed by atoms with Crippen LogP contribution in [0.5, 0.6) is 0 Å². The first kappa shape index (κ1) is 18.1. The Morgan fingerprint density at radius 2 is 2.00 bits per heavy atom. The zero-order valence-corrected chi connectivity index (χ0v) is 17.0. The monoisotopic (exact) mass is 424 g/mol. The molecule has 1 amide bonds. The van der Waals surface area contributed by atoms with Gasteiger partial charge in [0.25, 0.3) is 5.91 Å². The molecule has 1 atom stereocenters. The fourth-order valence-corrected chi connectivity index (χ4v) is 3.83. The highest BCUT2D eigenvalue weighted by atomic mass is 79.9. The number of likely N-dealkylation sites (N-methyl/N-ethyl adjacent to an activating group) is 1. The average molecular weight is 425 g/mol. The molecule has 1 aliphatic heterocycles. The molecule has 1 aliphatic rings. The Balaban J connectivity index is 1.69.